The van der Waals surface area contributed by atoms with Crippen molar-refractivity contribution in [3.63, 3.8) is 0 Å². The summed E-state index contributed by atoms with van der Waals surface area (Å²) >= 11 is 0. The van der Waals surface area contributed by atoms with E-state index in [2.05, 4.69) is 25.5 Å². The first kappa shape index (κ1) is 15.8. The van der Waals surface area contributed by atoms with E-state index in [9.17, 15) is 0 Å². The Bertz CT molecular complexity index is 1130. The van der Waals surface area contributed by atoms with Crippen molar-refractivity contribution in [3.8, 4) is 11.6 Å². The van der Waals surface area contributed by atoms with Crippen LogP contribution in [0.25, 0.3) is 16.9 Å². The lowest BCUT2D eigenvalue weighted by atomic mass is 10.3. The van der Waals surface area contributed by atoms with E-state index in [0.717, 1.165) is 46.8 Å². The average molecular weight is 361 g/mol. The van der Waals surface area contributed by atoms with Gasteiger partial charge in [-0.3, -0.25) is 4.68 Å². The van der Waals surface area contributed by atoms with Crippen molar-refractivity contribution in [1.29, 1.82) is 0 Å². The molecule has 1 aliphatic carbocycles. The highest BCUT2D eigenvalue weighted by atomic mass is 16.5. The lowest BCUT2D eigenvalue weighted by Gasteiger charge is -2.09. The zero-order chi connectivity index (χ0) is 18.4. The number of pyridine rings is 2. The number of fused-ring (bicyclic) bond motifs is 1. The summed E-state index contributed by atoms with van der Waals surface area (Å²) in [5.74, 6) is 2.28. The van der Waals surface area contributed by atoms with E-state index in [1.165, 1.54) is 0 Å². The number of hydrogen-bond donors (Lipinski definition) is 1. The summed E-state index contributed by atoms with van der Waals surface area (Å²) in [7, 11) is 1.88. The van der Waals surface area contributed by atoms with Crippen LogP contribution in [0.1, 0.15) is 18.5 Å². The fourth-order valence-corrected chi connectivity index (χ4v) is 2.93. The smallest absolute Gasteiger partial charge is 0.163 e. The molecule has 0 aromatic carbocycles. The molecule has 5 rings (SSSR count). The van der Waals surface area contributed by atoms with Crippen molar-refractivity contribution in [2.24, 2.45) is 7.05 Å². The number of anilines is 2. The van der Waals surface area contributed by atoms with E-state index in [1.807, 2.05) is 44.4 Å². The minimum atomic E-state index is 0.304. The van der Waals surface area contributed by atoms with Crippen LogP contribution >= 0.6 is 0 Å². The molecule has 4 aromatic rings. The summed E-state index contributed by atoms with van der Waals surface area (Å²) in [5, 5.41) is 12.9. The van der Waals surface area contributed by atoms with E-state index in [-0.39, 0.29) is 0 Å². The van der Waals surface area contributed by atoms with Crippen molar-refractivity contribution in [1.82, 2.24) is 29.5 Å². The number of hydrogen-bond acceptors (Lipinski definition) is 6. The van der Waals surface area contributed by atoms with Crippen LogP contribution in [0.4, 0.5) is 11.5 Å². The lowest BCUT2D eigenvalue weighted by molar-refractivity contribution is 0.307. The van der Waals surface area contributed by atoms with Crippen LogP contribution in [0.15, 0.2) is 42.9 Å². The van der Waals surface area contributed by atoms with Gasteiger partial charge in [-0.15, -0.1) is 0 Å². The average Bonchev–Trinajstić information content (AvgIpc) is 3.21. The Hall–Kier alpha value is -3.42. The van der Waals surface area contributed by atoms with Gasteiger partial charge < -0.3 is 10.1 Å². The third kappa shape index (κ3) is 3.10. The van der Waals surface area contributed by atoms with Gasteiger partial charge in [0.2, 0.25) is 0 Å². The van der Waals surface area contributed by atoms with Crippen molar-refractivity contribution in [2.45, 2.75) is 25.9 Å². The van der Waals surface area contributed by atoms with Crippen molar-refractivity contribution in [3.05, 3.63) is 48.5 Å². The maximum absolute atomic E-state index is 6.05. The highest BCUT2D eigenvalue weighted by molar-refractivity contribution is 5.84. The van der Waals surface area contributed by atoms with Crippen LogP contribution in [-0.2, 0) is 7.05 Å². The first-order chi connectivity index (χ1) is 13.2. The molecular weight excluding hydrogens is 342 g/mol. The maximum atomic E-state index is 6.05. The molecule has 4 aromatic heterocycles. The Kier molecular flexibility index (Phi) is 3.56. The number of rotatable bonds is 5. The van der Waals surface area contributed by atoms with E-state index >= 15 is 0 Å². The molecule has 0 saturated heterocycles. The van der Waals surface area contributed by atoms with Crippen LogP contribution in [0, 0.1) is 6.92 Å². The Morgan fingerprint density at radius 3 is 2.85 bits per heavy atom. The fraction of sp³-hybridized carbons (Fsp3) is 0.263. The van der Waals surface area contributed by atoms with Gasteiger partial charge in [0.25, 0.3) is 0 Å². The molecular formula is C19H19N7O. The molecule has 4 heterocycles. The Labute approximate surface area is 155 Å². The second-order valence-electron chi connectivity index (χ2n) is 6.76. The third-order valence-corrected chi connectivity index (χ3v) is 4.45. The summed E-state index contributed by atoms with van der Waals surface area (Å²) in [6.07, 6.45) is 7.94. The molecule has 1 fully saturated rings. The van der Waals surface area contributed by atoms with Gasteiger partial charge in [0.1, 0.15) is 11.6 Å². The van der Waals surface area contributed by atoms with E-state index < -0.39 is 0 Å². The monoisotopic (exact) mass is 361 g/mol. The molecule has 136 valence electrons. The molecule has 0 unspecified atom stereocenters. The molecule has 0 amide bonds. The molecule has 1 N–H and O–H groups in total. The minimum absolute atomic E-state index is 0.304. The van der Waals surface area contributed by atoms with Gasteiger partial charge >= 0.3 is 0 Å². The molecule has 0 atom stereocenters. The van der Waals surface area contributed by atoms with Gasteiger partial charge in [0.05, 0.1) is 35.8 Å². The summed E-state index contributed by atoms with van der Waals surface area (Å²) in [4.78, 5) is 9.16. The lowest BCUT2D eigenvalue weighted by Crippen LogP contribution is -2.01. The van der Waals surface area contributed by atoms with E-state index in [0.29, 0.717) is 11.9 Å². The topological polar surface area (TPSA) is 82.7 Å². The maximum Gasteiger partial charge on any atom is 0.163 e. The summed E-state index contributed by atoms with van der Waals surface area (Å²) in [6.45, 7) is 1.96. The quantitative estimate of drug-likeness (QED) is 0.588. The molecule has 8 heteroatoms. The minimum Gasteiger partial charge on any atom is -0.489 e. The number of aromatic nitrogens is 6. The Balaban J connectivity index is 1.47. The van der Waals surface area contributed by atoms with Gasteiger partial charge in [-0.25, -0.2) is 14.6 Å². The molecule has 8 nitrogen and oxygen atoms in total. The number of nitrogens with one attached hydrogen (secondary N) is 1. The fourth-order valence-electron chi connectivity index (χ4n) is 2.93. The molecule has 0 spiro atoms. The van der Waals surface area contributed by atoms with Crippen LogP contribution < -0.4 is 10.1 Å². The number of nitrogens with zero attached hydrogens (tertiary/aromatic N) is 6. The van der Waals surface area contributed by atoms with Crippen LogP contribution in [0.2, 0.25) is 0 Å². The highest BCUT2D eigenvalue weighted by Gasteiger charge is 2.25. The van der Waals surface area contributed by atoms with Gasteiger partial charge in [0, 0.05) is 18.8 Å². The normalized spacial score (nSPS) is 13.9. The van der Waals surface area contributed by atoms with Gasteiger partial charge in [-0.05, 0) is 31.9 Å². The predicted octanol–water partition coefficient (Wildman–Crippen LogP) is 3.14. The predicted molar refractivity (Wildman–Crippen MR) is 102 cm³/mol. The summed E-state index contributed by atoms with van der Waals surface area (Å²) < 4.78 is 9.54. The van der Waals surface area contributed by atoms with Gasteiger partial charge in [-0.1, -0.05) is 6.07 Å². The standard InChI is InChI=1S/C19H19N7O/c1-12-4-3-5-18(22-12)26-11-13(9-21-26)23-17-8-16(27-14-6-7-14)15-10-20-25(2)19(15)24-17/h3-5,8-11,14H,6-7H2,1-2H3,(H,23,24). The summed E-state index contributed by atoms with van der Waals surface area (Å²) in [5.41, 5.74) is 2.55. The summed E-state index contributed by atoms with van der Waals surface area (Å²) in [6, 6.07) is 7.77. The molecule has 0 aliphatic heterocycles. The molecule has 1 aliphatic rings. The molecule has 27 heavy (non-hydrogen) atoms. The largest absolute Gasteiger partial charge is 0.489 e. The first-order valence-corrected chi connectivity index (χ1v) is 8.91. The first-order valence-electron chi connectivity index (χ1n) is 8.91. The highest BCUT2D eigenvalue weighted by Crippen LogP contribution is 2.33. The van der Waals surface area contributed by atoms with Crippen LogP contribution in [0.3, 0.4) is 0 Å². The number of ether oxygens (including phenoxy) is 1. The van der Waals surface area contributed by atoms with E-state index in [4.69, 9.17) is 4.74 Å². The zero-order valence-corrected chi connectivity index (χ0v) is 15.1. The van der Waals surface area contributed by atoms with Crippen molar-refractivity contribution in [2.75, 3.05) is 5.32 Å². The van der Waals surface area contributed by atoms with E-state index in [1.54, 1.807) is 21.8 Å². The van der Waals surface area contributed by atoms with Gasteiger partial charge in [-0.2, -0.15) is 10.2 Å². The zero-order valence-electron chi connectivity index (χ0n) is 15.1. The third-order valence-electron chi connectivity index (χ3n) is 4.45. The van der Waals surface area contributed by atoms with Crippen LogP contribution in [-0.4, -0.2) is 35.6 Å². The SMILES string of the molecule is Cc1cccc(-n2cc(Nc3cc(OC4CC4)c4cnn(C)c4n3)cn2)n1. The Morgan fingerprint density at radius 1 is 1.15 bits per heavy atom. The Morgan fingerprint density at radius 2 is 2.04 bits per heavy atom. The van der Waals surface area contributed by atoms with Crippen LogP contribution in [0.5, 0.6) is 5.75 Å². The second kappa shape index (κ2) is 6.08. The molecule has 0 radical (unpaired) electrons. The van der Waals surface area contributed by atoms with Gasteiger partial charge in [0.15, 0.2) is 11.5 Å². The van der Waals surface area contributed by atoms with Crippen molar-refractivity contribution >= 4 is 22.5 Å². The number of aryl methyl sites for hydroxylation is 2. The van der Waals surface area contributed by atoms with Crippen molar-refractivity contribution < 1.29 is 4.74 Å². The molecule has 1 saturated carbocycles. The molecule has 0 bridgehead atoms. The second-order valence-corrected chi connectivity index (χ2v) is 6.76.